The number of ketones is 1. The van der Waals surface area contributed by atoms with E-state index in [1.54, 1.807) is 36.1 Å². The summed E-state index contributed by atoms with van der Waals surface area (Å²) in [6, 6.07) is 4.09. The van der Waals surface area contributed by atoms with Crippen molar-refractivity contribution in [1.29, 1.82) is 0 Å². The largest absolute Gasteiger partial charge is 0.295 e. The molecule has 1 rings (SSSR count). The maximum atomic E-state index is 10.6. The lowest BCUT2D eigenvalue weighted by atomic mass is 10.3. The molecule has 0 saturated heterocycles. The number of thioether (sulfide) groups is 1. The van der Waals surface area contributed by atoms with E-state index >= 15 is 0 Å². The van der Waals surface area contributed by atoms with Gasteiger partial charge < -0.3 is 0 Å². The van der Waals surface area contributed by atoms with Gasteiger partial charge in [-0.2, -0.15) is 0 Å². The smallest absolute Gasteiger partial charge is 0.152 e. The molecule has 0 N–H and O–H groups in total. The second kappa shape index (κ2) is 4.48. The average Bonchev–Trinajstić information content (AvgIpc) is 2.48. The van der Waals surface area contributed by atoms with Crippen molar-refractivity contribution in [1.82, 2.24) is 0 Å². The number of thiophene rings is 1. The Hall–Kier alpha value is -0.540. The lowest BCUT2D eigenvalue weighted by molar-refractivity contribution is -0.112. The maximum absolute atomic E-state index is 10.6. The van der Waals surface area contributed by atoms with Crippen LogP contribution in [0.2, 0.25) is 0 Å². The van der Waals surface area contributed by atoms with Crippen LogP contribution in [0.1, 0.15) is 11.8 Å². The van der Waals surface area contributed by atoms with Gasteiger partial charge in [0.05, 0.1) is 4.21 Å². The lowest BCUT2D eigenvalue weighted by Gasteiger charge is -1.83. The summed E-state index contributed by atoms with van der Waals surface area (Å²) in [7, 11) is 0. The van der Waals surface area contributed by atoms with Gasteiger partial charge >= 0.3 is 0 Å². The van der Waals surface area contributed by atoms with Crippen LogP contribution in [-0.2, 0) is 4.79 Å². The van der Waals surface area contributed by atoms with Gasteiger partial charge in [-0.3, -0.25) is 4.79 Å². The number of rotatable bonds is 3. The molecule has 0 aromatic carbocycles. The Balaban J connectivity index is 2.70. The molecule has 1 nitrogen and oxygen atoms in total. The molecule has 0 radical (unpaired) electrons. The van der Waals surface area contributed by atoms with Crippen LogP contribution in [0, 0.1) is 0 Å². The third kappa shape index (κ3) is 2.83. The maximum Gasteiger partial charge on any atom is 0.152 e. The first-order valence-electron chi connectivity index (χ1n) is 3.55. The number of carbonyl (C=O) groups excluding carboxylic acids is 1. The zero-order valence-electron chi connectivity index (χ0n) is 7.03. The van der Waals surface area contributed by atoms with E-state index in [9.17, 15) is 4.79 Å². The summed E-state index contributed by atoms with van der Waals surface area (Å²) < 4.78 is 1.28. The Bertz CT molecular complexity index is 299. The highest BCUT2D eigenvalue weighted by atomic mass is 32.2. The van der Waals surface area contributed by atoms with Crippen LogP contribution in [0.25, 0.3) is 6.08 Å². The number of allylic oxidation sites excluding steroid dienone is 1. The Morgan fingerprint density at radius 1 is 1.58 bits per heavy atom. The van der Waals surface area contributed by atoms with Crippen molar-refractivity contribution >= 4 is 35.0 Å². The van der Waals surface area contributed by atoms with Crippen molar-refractivity contribution in [2.45, 2.75) is 11.1 Å². The second-order valence-electron chi connectivity index (χ2n) is 2.30. The van der Waals surface area contributed by atoms with Crippen LogP contribution in [0.4, 0.5) is 0 Å². The van der Waals surface area contributed by atoms with E-state index in [1.165, 1.54) is 4.21 Å². The van der Waals surface area contributed by atoms with E-state index in [0.717, 1.165) is 4.88 Å². The number of hydrogen-bond acceptors (Lipinski definition) is 3. The van der Waals surface area contributed by atoms with Crippen LogP contribution in [0.15, 0.2) is 22.4 Å². The van der Waals surface area contributed by atoms with Gasteiger partial charge in [0.1, 0.15) is 0 Å². The van der Waals surface area contributed by atoms with Crippen molar-refractivity contribution in [2.24, 2.45) is 0 Å². The second-order valence-corrected chi connectivity index (χ2v) is 4.53. The normalized spacial score (nSPS) is 10.8. The SMILES string of the molecule is CSc1ccc(C=CC(C)=O)s1. The Morgan fingerprint density at radius 3 is 2.83 bits per heavy atom. The van der Waals surface area contributed by atoms with E-state index in [1.807, 2.05) is 18.4 Å². The summed E-state index contributed by atoms with van der Waals surface area (Å²) in [4.78, 5) is 11.7. The van der Waals surface area contributed by atoms with E-state index in [0.29, 0.717) is 0 Å². The summed E-state index contributed by atoms with van der Waals surface area (Å²) in [5.74, 6) is 0.0918. The van der Waals surface area contributed by atoms with Gasteiger partial charge in [0, 0.05) is 4.88 Å². The molecule has 0 atom stereocenters. The molecule has 0 aliphatic heterocycles. The fraction of sp³-hybridized carbons (Fsp3) is 0.222. The quantitative estimate of drug-likeness (QED) is 0.548. The highest BCUT2D eigenvalue weighted by molar-refractivity contribution is 8.00. The fourth-order valence-electron chi connectivity index (χ4n) is 0.733. The monoisotopic (exact) mass is 198 g/mol. The summed E-state index contributed by atoms with van der Waals surface area (Å²) in [5.41, 5.74) is 0. The van der Waals surface area contributed by atoms with Crippen molar-refractivity contribution in [3.63, 3.8) is 0 Å². The van der Waals surface area contributed by atoms with Crippen LogP contribution in [0.3, 0.4) is 0 Å². The van der Waals surface area contributed by atoms with Crippen molar-refractivity contribution in [2.75, 3.05) is 6.26 Å². The molecule has 0 aliphatic carbocycles. The minimum Gasteiger partial charge on any atom is -0.295 e. The van der Waals surface area contributed by atoms with Gasteiger partial charge in [0.15, 0.2) is 5.78 Å². The minimum absolute atomic E-state index is 0.0918. The molecular formula is C9H10OS2. The van der Waals surface area contributed by atoms with Gasteiger partial charge in [0.25, 0.3) is 0 Å². The molecule has 12 heavy (non-hydrogen) atoms. The first kappa shape index (κ1) is 9.55. The van der Waals surface area contributed by atoms with Crippen molar-refractivity contribution in [3.8, 4) is 0 Å². The molecule has 0 aliphatic rings. The molecule has 1 aromatic heterocycles. The number of hydrogen-bond donors (Lipinski definition) is 0. The Kier molecular flexibility index (Phi) is 3.56. The zero-order chi connectivity index (χ0) is 8.97. The summed E-state index contributed by atoms with van der Waals surface area (Å²) in [6.07, 6.45) is 5.49. The molecule has 0 bridgehead atoms. The lowest BCUT2D eigenvalue weighted by Crippen LogP contribution is -1.77. The van der Waals surface area contributed by atoms with E-state index in [4.69, 9.17) is 0 Å². The van der Waals surface area contributed by atoms with Crippen LogP contribution >= 0.6 is 23.1 Å². The van der Waals surface area contributed by atoms with Gasteiger partial charge in [-0.05, 0) is 37.5 Å². The van der Waals surface area contributed by atoms with Crippen molar-refractivity contribution < 1.29 is 4.79 Å². The fourth-order valence-corrected chi connectivity index (χ4v) is 2.20. The zero-order valence-corrected chi connectivity index (χ0v) is 8.67. The predicted octanol–water partition coefficient (Wildman–Crippen LogP) is 3.07. The molecule has 0 fully saturated rings. The average molecular weight is 198 g/mol. The highest BCUT2D eigenvalue weighted by Gasteiger charge is 1.94. The predicted molar refractivity (Wildman–Crippen MR) is 55.8 cm³/mol. The van der Waals surface area contributed by atoms with Gasteiger partial charge in [-0.15, -0.1) is 23.1 Å². The molecule has 0 unspecified atom stereocenters. The molecule has 1 aromatic rings. The summed E-state index contributed by atoms with van der Waals surface area (Å²) >= 11 is 3.42. The van der Waals surface area contributed by atoms with Gasteiger partial charge in [0.2, 0.25) is 0 Å². The topological polar surface area (TPSA) is 17.1 Å². The molecule has 0 saturated carbocycles. The highest BCUT2D eigenvalue weighted by Crippen LogP contribution is 2.25. The first-order valence-corrected chi connectivity index (χ1v) is 5.59. The third-order valence-electron chi connectivity index (χ3n) is 1.29. The standard InChI is InChI=1S/C9H10OS2/c1-7(10)3-4-8-5-6-9(11-2)12-8/h3-6H,1-2H3. The molecule has 1 heterocycles. The van der Waals surface area contributed by atoms with E-state index in [2.05, 4.69) is 6.07 Å². The minimum atomic E-state index is 0.0918. The van der Waals surface area contributed by atoms with Crippen LogP contribution in [0.5, 0.6) is 0 Å². The summed E-state index contributed by atoms with van der Waals surface area (Å²) in [5, 5.41) is 0. The molecule has 0 amide bonds. The Morgan fingerprint density at radius 2 is 2.33 bits per heavy atom. The van der Waals surface area contributed by atoms with E-state index < -0.39 is 0 Å². The van der Waals surface area contributed by atoms with Crippen LogP contribution in [-0.4, -0.2) is 12.0 Å². The third-order valence-corrected chi connectivity index (χ3v) is 3.42. The molecule has 3 heteroatoms. The molecule has 64 valence electrons. The van der Waals surface area contributed by atoms with Gasteiger partial charge in [-0.25, -0.2) is 0 Å². The van der Waals surface area contributed by atoms with Gasteiger partial charge in [-0.1, -0.05) is 0 Å². The first-order chi connectivity index (χ1) is 5.72. The molecular weight excluding hydrogens is 188 g/mol. The Labute approximate surface area is 80.5 Å². The van der Waals surface area contributed by atoms with Crippen LogP contribution < -0.4 is 0 Å². The van der Waals surface area contributed by atoms with E-state index in [-0.39, 0.29) is 5.78 Å². The van der Waals surface area contributed by atoms with Crippen molar-refractivity contribution in [3.05, 3.63) is 23.1 Å². The summed E-state index contributed by atoms with van der Waals surface area (Å²) in [6.45, 7) is 1.56. The molecule has 0 spiro atoms. The number of carbonyl (C=O) groups is 1.